The van der Waals surface area contributed by atoms with Crippen LogP contribution in [0, 0.1) is 6.92 Å². The Hall–Kier alpha value is -1.40. The minimum absolute atomic E-state index is 0.106. The molecular formula is C9H9ClN2O3S. The van der Waals surface area contributed by atoms with E-state index in [9.17, 15) is 13.2 Å². The van der Waals surface area contributed by atoms with Crippen LogP contribution in [0.5, 0.6) is 0 Å². The summed E-state index contributed by atoms with van der Waals surface area (Å²) in [6.45, 7) is 1.66. The molecule has 0 bridgehead atoms. The summed E-state index contributed by atoms with van der Waals surface area (Å²) in [6, 6.07) is 6.42. The summed E-state index contributed by atoms with van der Waals surface area (Å²) in [7, 11) is -3.75. The van der Waals surface area contributed by atoms with Crippen molar-refractivity contribution < 1.29 is 13.2 Å². The lowest BCUT2D eigenvalue weighted by Gasteiger charge is -2.05. The first kappa shape index (κ1) is 12.7. The summed E-state index contributed by atoms with van der Waals surface area (Å²) in [5.41, 5.74) is 0.586. The van der Waals surface area contributed by atoms with E-state index in [1.807, 2.05) is 4.83 Å². The molecule has 0 aliphatic carbocycles. The second-order valence-corrected chi connectivity index (χ2v) is 4.92. The summed E-state index contributed by atoms with van der Waals surface area (Å²) in [4.78, 5) is 12.3. The number of hydrogen-bond donors (Lipinski definition) is 1. The maximum absolute atomic E-state index is 11.7. The molecule has 7 heteroatoms. The van der Waals surface area contributed by atoms with Gasteiger partial charge in [0.25, 0.3) is 15.3 Å². The monoisotopic (exact) mass is 260 g/mol. The van der Waals surface area contributed by atoms with Gasteiger partial charge >= 0.3 is 0 Å². The molecular weight excluding hydrogens is 252 g/mol. The summed E-state index contributed by atoms with van der Waals surface area (Å²) in [6.07, 6.45) is 0.678. The van der Waals surface area contributed by atoms with E-state index in [2.05, 4.69) is 5.10 Å². The zero-order valence-corrected chi connectivity index (χ0v) is 9.92. The van der Waals surface area contributed by atoms with Crippen molar-refractivity contribution >= 4 is 33.1 Å². The smallest absolute Gasteiger partial charge is 0.274 e. The molecule has 0 radical (unpaired) electrons. The van der Waals surface area contributed by atoms with Crippen molar-refractivity contribution in [2.75, 3.05) is 0 Å². The Kier molecular flexibility index (Phi) is 4.03. The van der Waals surface area contributed by atoms with Gasteiger partial charge in [-0.1, -0.05) is 18.2 Å². The molecule has 1 rings (SSSR count). The van der Waals surface area contributed by atoms with Crippen molar-refractivity contribution in [2.45, 2.75) is 11.8 Å². The largest absolute Gasteiger partial charge is 0.276 e. The van der Waals surface area contributed by atoms with Gasteiger partial charge in [0.15, 0.2) is 0 Å². The molecule has 0 spiro atoms. The van der Waals surface area contributed by atoms with E-state index in [0.29, 0.717) is 11.8 Å². The number of aryl methyl sites for hydroxylation is 1. The van der Waals surface area contributed by atoms with Crippen LogP contribution >= 0.6 is 11.6 Å². The molecule has 0 unspecified atom stereocenters. The molecule has 0 amide bonds. The lowest BCUT2D eigenvalue weighted by Crippen LogP contribution is -2.19. The second kappa shape index (κ2) is 5.09. The molecule has 1 aromatic carbocycles. The predicted molar refractivity (Wildman–Crippen MR) is 60.9 cm³/mol. The van der Waals surface area contributed by atoms with E-state index < -0.39 is 15.3 Å². The van der Waals surface area contributed by atoms with Gasteiger partial charge in [-0.3, -0.25) is 4.79 Å². The number of nitrogens with one attached hydrogen (secondary N) is 1. The van der Waals surface area contributed by atoms with Crippen LogP contribution in [0.25, 0.3) is 0 Å². The molecule has 16 heavy (non-hydrogen) atoms. The third-order valence-corrected chi connectivity index (χ3v) is 3.20. The lowest BCUT2D eigenvalue weighted by molar-refractivity contribution is -0.105. The average Bonchev–Trinajstić information content (AvgIpc) is 2.17. The second-order valence-electron chi connectivity index (χ2n) is 2.92. The molecule has 5 nitrogen and oxygen atoms in total. The zero-order valence-electron chi connectivity index (χ0n) is 8.34. The highest BCUT2D eigenvalue weighted by atomic mass is 35.5. The number of hydrazone groups is 1. The molecule has 1 N–H and O–H groups in total. The number of sulfonamides is 1. The number of carbonyl (C=O) groups excluding carboxylic acids is 1. The topological polar surface area (TPSA) is 75.6 Å². The van der Waals surface area contributed by atoms with Crippen molar-refractivity contribution in [3.05, 3.63) is 29.8 Å². The molecule has 0 atom stereocenters. The van der Waals surface area contributed by atoms with Gasteiger partial charge in [0, 0.05) is 0 Å². The Morgan fingerprint density at radius 2 is 2.06 bits per heavy atom. The first-order valence-corrected chi connectivity index (χ1v) is 6.09. The zero-order chi connectivity index (χ0) is 12.2. The fourth-order valence-corrected chi connectivity index (χ4v) is 2.14. The Morgan fingerprint density at radius 3 is 2.62 bits per heavy atom. The van der Waals surface area contributed by atoms with E-state index >= 15 is 0 Å². The Balaban J connectivity index is 2.96. The number of carbonyl (C=O) groups is 1. The van der Waals surface area contributed by atoms with Gasteiger partial charge < -0.3 is 0 Å². The van der Waals surface area contributed by atoms with E-state index in [4.69, 9.17) is 11.6 Å². The first-order valence-electron chi connectivity index (χ1n) is 4.23. The maximum Gasteiger partial charge on any atom is 0.276 e. The fraction of sp³-hybridized carbons (Fsp3) is 0.111. The number of rotatable bonds is 4. The molecule has 0 aliphatic heterocycles. The van der Waals surface area contributed by atoms with Crippen molar-refractivity contribution in [3.63, 3.8) is 0 Å². The molecule has 0 aromatic heterocycles. The van der Waals surface area contributed by atoms with Crippen LogP contribution in [0.2, 0.25) is 0 Å². The minimum atomic E-state index is -3.75. The van der Waals surface area contributed by atoms with E-state index in [0.717, 1.165) is 0 Å². The lowest BCUT2D eigenvalue weighted by atomic mass is 10.2. The van der Waals surface area contributed by atoms with E-state index in [-0.39, 0.29) is 4.90 Å². The summed E-state index contributed by atoms with van der Waals surface area (Å²) >= 11 is 4.96. The van der Waals surface area contributed by atoms with Crippen molar-refractivity contribution in [3.8, 4) is 0 Å². The normalized spacial score (nSPS) is 11.6. The van der Waals surface area contributed by atoms with Gasteiger partial charge in [0.1, 0.15) is 6.21 Å². The van der Waals surface area contributed by atoms with Crippen LogP contribution < -0.4 is 4.83 Å². The highest BCUT2D eigenvalue weighted by molar-refractivity contribution is 7.89. The Labute approximate surface area is 98.2 Å². The van der Waals surface area contributed by atoms with Gasteiger partial charge in [-0.15, -0.1) is 0 Å². The standard InChI is InChI=1S/C9H9ClN2O3S/c1-7-4-2-3-5-8(7)16(14,15)12-11-6-9(10)13/h2-6,12H,1H3. The maximum atomic E-state index is 11.7. The molecule has 86 valence electrons. The van der Waals surface area contributed by atoms with E-state index in [1.54, 1.807) is 25.1 Å². The third kappa shape index (κ3) is 3.32. The Bertz CT molecular complexity index is 525. The quantitative estimate of drug-likeness (QED) is 0.499. The van der Waals surface area contributed by atoms with Crippen LogP contribution in [0.4, 0.5) is 0 Å². The number of hydrogen-bond acceptors (Lipinski definition) is 4. The van der Waals surface area contributed by atoms with Crippen LogP contribution in [0.15, 0.2) is 34.3 Å². The number of halogens is 1. The fourth-order valence-electron chi connectivity index (χ4n) is 1.05. The summed E-state index contributed by atoms with van der Waals surface area (Å²) < 4.78 is 23.3. The van der Waals surface area contributed by atoms with Crippen LogP contribution in [0.3, 0.4) is 0 Å². The van der Waals surface area contributed by atoms with Crippen LogP contribution in [0.1, 0.15) is 5.56 Å². The minimum Gasteiger partial charge on any atom is -0.274 e. The molecule has 0 saturated heterocycles. The van der Waals surface area contributed by atoms with Gasteiger partial charge in [-0.05, 0) is 30.2 Å². The van der Waals surface area contributed by atoms with E-state index in [1.165, 1.54) is 6.07 Å². The molecule has 1 aromatic rings. The number of benzene rings is 1. The molecule has 0 saturated carbocycles. The van der Waals surface area contributed by atoms with Crippen molar-refractivity contribution in [1.29, 1.82) is 0 Å². The Morgan fingerprint density at radius 1 is 1.44 bits per heavy atom. The van der Waals surface area contributed by atoms with Crippen LogP contribution in [-0.2, 0) is 14.8 Å². The van der Waals surface area contributed by atoms with Gasteiger partial charge in [0.05, 0.1) is 4.90 Å². The average molecular weight is 261 g/mol. The van der Waals surface area contributed by atoms with Crippen LogP contribution in [-0.4, -0.2) is 19.9 Å². The highest BCUT2D eigenvalue weighted by Crippen LogP contribution is 2.13. The molecule has 0 fully saturated rings. The van der Waals surface area contributed by atoms with Crippen molar-refractivity contribution in [1.82, 2.24) is 4.83 Å². The van der Waals surface area contributed by atoms with Gasteiger partial charge in [-0.2, -0.15) is 18.4 Å². The first-order chi connectivity index (χ1) is 7.43. The summed E-state index contributed by atoms with van der Waals surface area (Å²) in [5.74, 6) is 0. The highest BCUT2D eigenvalue weighted by Gasteiger charge is 2.14. The third-order valence-electron chi connectivity index (χ3n) is 1.72. The molecule has 0 aliphatic rings. The van der Waals surface area contributed by atoms with Gasteiger partial charge in [0.2, 0.25) is 0 Å². The van der Waals surface area contributed by atoms with Gasteiger partial charge in [-0.25, -0.2) is 0 Å². The molecule has 0 heterocycles. The summed E-state index contributed by atoms with van der Waals surface area (Å²) in [5, 5.41) is 2.36. The predicted octanol–water partition coefficient (Wildman–Crippen LogP) is 1.02. The van der Waals surface area contributed by atoms with Crippen molar-refractivity contribution in [2.24, 2.45) is 5.10 Å². The number of nitrogens with zero attached hydrogens (tertiary/aromatic N) is 1. The SMILES string of the molecule is Cc1ccccc1S(=O)(=O)NN=CC(=O)Cl.